The maximum Gasteiger partial charge on any atom is 0.240 e. The number of aryl methyl sites for hydroxylation is 1. The van der Waals surface area contributed by atoms with E-state index in [1.54, 1.807) is 20.1 Å². The molecule has 0 saturated carbocycles. The predicted octanol–water partition coefficient (Wildman–Crippen LogP) is 2.27. The highest BCUT2D eigenvalue weighted by Crippen LogP contribution is 2.14. The SMILES string of the molecule is CC(CCc1ccco1)NC(=O)C(C)(C)C#N. The number of furan rings is 1. The molecule has 0 aromatic carbocycles. The van der Waals surface area contributed by atoms with Gasteiger partial charge in [-0.15, -0.1) is 0 Å². The van der Waals surface area contributed by atoms with E-state index < -0.39 is 5.41 Å². The van der Waals surface area contributed by atoms with E-state index in [9.17, 15) is 4.79 Å². The van der Waals surface area contributed by atoms with E-state index in [2.05, 4.69) is 5.32 Å². The van der Waals surface area contributed by atoms with Crippen LogP contribution in [-0.2, 0) is 11.2 Å². The molecule has 0 aliphatic carbocycles. The molecule has 0 radical (unpaired) electrons. The minimum atomic E-state index is -0.973. The van der Waals surface area contributed by atoms with Gasteiger partial charge in [-0.3, -0.25) is 4.79 Å². The first-order chi connectivity index (χ1) is 7.95. The first-order valence-electron chi connectivity index (χ1n) is 5.70. The summed E-state index contributed by atoms with van der Waals surface area (Å²) >= 11 is 0. The van der Waals surface area contributed by atoms with E-state index in [1.807, 2.05) is 25.1 Å². The number of hydrogen-bond acceptors (Lipinski definition) is 3. The second kappa shape index (κ2) is 5.53. The van der Waals surface area contributed by atoms with Gasteiger partial charge in [0.25, 0.3) is 0 Å². The molecule has 4 nitrogen and oxygen atoms in total. The Morgan fingerprint density at radius 3 is 2.88 bits per heavy atom. The molecule has 1 aromatic rings. The van der Waals surface area contributed by atoms with Crippen molar-refractivity contribution in [3.63, 3.8) is 0 Å². The van der Waals surface area contributed by atoms with Gasteiger partial charge in [0.1, 0.15) is 11.2 Å². The average molecular weight is 234 g/mol. The van der Waals surface area contributed by atoms with Crippen molar-refractivity contribution in [1.82, 2.24) is 5.32 Å². The molecule has 4 heteroatoms. The highest BCUT2D eigenvalue weighted by Gasteiger charge is 2.27. The molecule has 0 bridgehead atoms. The normalized spacial score (nSPS) is 12.8. The molecular formula is C13H18N2O2. The summed E-state index contributed by atoms with van der Waals surface area (Å²) in [5.41, 5.74) is -0.973. The summed E-state index contributed by atoms with van der Waals surface area (Å²) in [5, 5.41) is 11.7. The van der Waals surface area contributed by atoms with Crippen molar-refractivity contribution in [2.75, 3.05) is 0 Å². The van der Waals surface area contributed by atoms with Gasteiger partial charge in [-0.2, -0.15) is 5.26 Å². The largest absolute Gasteiger partial charge is 0.469 e. The molecule has 1 atom stereocenters. The molecule has 1 aromatic heterocycles. The summed E-state index contributed by atoms with van der Waals surface area (Å²) in [4.78, 5) is 11.7. The number of carbonyl (C=O) groups is 1. The molecule has 1 heterocycles. The van der Waals surface area contributed by atoms with Gasteiger partial charge in [0.15, 0.2) is 0 Å². The standard InChI is InChI=1S/C13H18N2O2/c1-10(6-7-11-5-4-8-17-11)15-12(16)13(2,3)9-14/h4-5,8,10H,6-7H2,1-3H3,(H,15,16). The monoisotopic (exact) mass is 234 g/mol. The van der Waals surface area contributed by atoms with Crippen LogP contribution in [0.1, 0.15) is 33.0 Å². The third-order valence-electron chi connectivity index (χ3n) is 2.63. The maximum absolute atomic E-state index is 11.7. The highest BCUT2D eigenvalue weighted by molar-refractivity contribution is 5.84. The summed E-state index contributed by atoms with van der Waals surface area (Å²) in [6.45, 7) is 5.15. The molecule has 1 N–H and O–H groups in total. The molecule has 1 unspecified atom stereocenters. The topological polar surface area (TPSA) is 66.0 Å². The zero-order chi connectivity index (χ0) is 12.9. The van der Waals surface area contributed by atoms with Crippen molar-refractivity contribution in [1.29, 1.82) is 5.26 Å². The number of nitrogens with zero attached hydrogens (tertiary/aromatic N) is 1. The van der Waals surface area contributed by atoms with Crippen LogP contribution in [0, 0.1) is 16.7 Å². The Balaban J connectivity index is 2.38. The zero-order valence-electron chi connectivity index (χ0n) is 10.5. The minimum Gasteiger partial charge on any atom is -0.469 e. The van der Waals surface area contributed by atoms with Crippen molar-refractivity contribution >= 4 is 5.91 Å². The second-order valence-corrected chi connectivity index (χ2v) is 4.73. The number of nitriles is 1. The highest BCUT2D eigenvalue weighted by atomic mass is 16.3. The molecule has 17 heavy (non-hydrogen) atoms. The summed E-state index contributed by atoms with van der Waals surface area (Å²) < 4.78 is 5.21. The van der Waals surface area contributed by atoms with Crippen LogP contribution in [-0.4, -0.2) is 11.9 Å². The lowest BCUT2D eigenvalue weighted by Crippen LogP contribution is -2.41. The van der Waals surface area contributed by atoms with E-state index in [-0.39, 0.29) is 11.9 Å². The Kier molecular flexibility index (Phi) is 4.33. The molecule has 92 valence electrons. The molecule has 0 aliphatic heterocycles. The Hall–Kier alpha value is -1.76. The number of carbonyl (C=O) groups excluding carboxylic acids is 1. The van der Waals surface area contributed by atoms with Crippen molar-refractivity contribution in [3.05, 3.63) is 24.2 Å². The number of amides is 1. The summed E-state index contributed by atoms with van der Waals surface area (Å²) in [6.07, 6.45) is 3.21. The Morgan fingerprint density at radius 2 is 2.35 bits per heavy atom. The molecule has 0 saturated heterocycles. The lowest BCUT2D eigenvalue weighted by atomic mass is 9.94. The molecule has 0 spiro atoms. The van der Waals surface area contributed by atoms with Crippen LogP contribution in [0.2, 0.25) is 0 Å². The predicted molar refractivity (Wildman–Crippen MR) is 64.0 cm³/mol. The quantitative estimate of drug-likeness (QED) is 0.849. The van der Waals surface area contributed by atoms with E-state index in [0.717, 1.165) is 18.6 Å². The van der Waals surface area contributed by atoms with Crippen molar-refractivity contribution in [3.8, 4) is 6.07 Å². The minimum absolute atomic E-state index is 0.0280. The number of hydrogen-bond donors (Lipinski definition) is 1. The number of nitrogens with one attached hydrogen (secondary N) is 1. The summed E-state index contributed by atoms with van der Waals surface area (Å²) in [7, 11) is 0. The zero-order valence-corrected chi connectivity index (χ0v) is 10.5. The van der Waals surface area contributed by atoms with Gasteiger partial charge in [0.2, 0.25) is 5.91 Å². The van der Waals surface area contributed by atoms with Gasteiger partial charge in [-0.25, -0.2) is 0 Å². The van der Waals surface area contributed by atoms with Crippen LogP contribution in [0.4, 0.5) is 0 Å². The fraction of sp³-hybridized carbons (Fsp3) is 0.538. The molecular weight excluding hydrogens is 216 g/mol. The van der Waals surface area contributed by atoms with Crippen LogP contribution in [0.3, 0.4) is 0 Å². The van der Waals surface area contributed by atoms with Crippen molar-refractivity contribution < 1.29 is 9.21 Å². The van der Waals surface area contributed by atoms with E-state index >= 15 is 0 Å². The second-order valence-electron chi connectivity index (χ2n) is 4.73. The maximum atomic E-state index is 11.7. The first kappa shape index (κ1) is 13.3. The van der Waals surface area contributed by atoms with Crippen LogP contribution in [0.15, 0.2) is 22.8 Å². The fourth-order valence-electron chi connectivity index (χ4n) is 1.34. The summed E-state index contributed by atoms with van der Waals surface area (Å²) in [6, 6.07) is 5.77. The first-order valence-corrected chi connectivity index (χ1v) is 5.70. The van der Waals surface area contributed by atoms with E-state index in [0.29, 0.717) is 0 Å². The van der Waals surface area contributed by atoms with Gasteiger partial charge in [0.05, 0.1) is 12.3 Å². The van der Waals surface area contributed by atoms with Crippen LogP contribution >= 0.6 is 0 Å². The Labute approximate surface area is 102 Å². The van der Waals surface area contributed by atoms with Crippen LogP contribution in [0.5, 0.6) is 0 Å². The van der Waals surface area contributed by atoms with Gasteiger partial charge in [-0.05, 0) is 39.3 Å². The molecule has 0 aliphatic rings. The lowest BCUT2D eigenvalue weighted by molar-refractivity contribution is -0.127. The number of rotatable bonds is 5. The third-order valence-corrected chi connectivity index (χ3v) is 2.63. The van der Waals surface area contributed by atoms with Crippen LogP contribution in [0.25, 0.3) is 0 Å². The average Bonchev–Trinajstić information content (AvgIpc) is 2.79. The molecule has 1 rings (SSSR count). The van der Waals surface area contributed by atoms with E-state index in [1.165, 1.54) is 0 Å². The van der Waals surface area contributed by atoms with Gasteiger partial charge in [-0.1, -0.05) is 0 Å². The van der Waals surface area contributed by atoms with Crippen LogP contribution < -0.4 is 5.32 Å². The smallest absolute Gasteiger partial charge is 0.240 e. The van der Waals surface area contributed by atoms with E-state index in [4.69, 9.17) is 9.68 Å². The molecule has 0 fully saturated rings. The van der Waals surface area contributed by atoms with Crippen molar-refractivity contribution in [2.45, 2.75) is 39.7 Å². The molecule has 1 amide bonds. The van der Waals surface area contributed by atoms with Gasteiger partial charge in [0, 0.05) is 12.5 Å². The van der Waals surface area contributed by atoms with Gasteiger partial charge < -0.3 is 9.73 Å². The Bertz CT molecular complexity index is 402. The Morgan fingerprint density at radius 1 is 1.65 bits per heavy atom. The summed E-state index contributed by atoms with van der Waals surface area (Å²) in [5.74, 6) is 0.678. The lowest BCUT2D eigenvalue weighted by Gasteiger charge is -2.19. The van der Waals surface area contributed by atoms with Gasteiger partial charge >= 0.3 is 0 Å². The third kappa shape index (κ3) is 3.95. The fourth-order valence-corrected chi connectivity index (χ4v) is 1.34. The van der Waals surface area contributed by atoms with Crippen molar-refractivity contribution in [2.24, 2.45) is 5.41 Å².